The van der Waals surface area contributed by atoms with E-state index in [-0.39, 0.29) is 11.9 Å². The minimum absolute atomic E-state index is 0.115. The zero-order valence-corrected chi connectivity index (χ0v) is 17.7. The van der Waals surface area contributed by atoms with Crippen molar-refractivity contribution >= 4 is 17.1 Å². The van der Waals surface area contributed by atoms with Crippen LogP contribution < -0.4 is 0 Å². The van der Waals surface area contributed by atoms with Crippen molar-refractivity contribution in [3.05, 3.63) is 65.6 Å². The smallest absolute Gasteiger partial charge is 0.134 e. The summed E-state index contributed by atoms with van der Waals surface area (Å²) < 4.78 is 43.6. The van der Waals surface area contributed by atoms with E-state index in [9.17, 15) is 13.2 Å². The zero-order valence-electron chi connectivity index (χ0n) is 17.7. The highest BCUT2D eigenvalue weighted by atomic mass is 19.1. The molecule has 5 atom stereocenters. The van der Waals surface area contributed by atoms with Crippen LogP contribution in [0.4, 0.5) is 13.2 Å². The fourth-order valence-electron chi connectivity index (χ4n) is 6.26. The molecule has 32 heavy (non-hydrogen) atoms. The van der Waals surface area contributed by atoms with Crippen LogP contribution in [0.5, 0.6) is 0 Å². The highest BCUT2D eigenvalue weighted by Crippen LogP contribution is 2.55. The molecule has 0 saturated heterocycles. The molecule has 3 aliphatic rings. The molecule has 2 aromatic carbocycles. The predicted molar refractivity (Wildman–Crippen MR) is 116 cm³/mol. The van der Waals surface area contributed by atoms with Gasteiger partial charge >= 0.3 is 0 Å². The van der Waals surface area contributed by atoms with Gasteiger partial charge in [-0.1, -0.05) is 6.07 Å². The number of halogens is 3. The predicted octanol–water partition coefficient (Wildman–Crippen LogP) is 5.55. The van der Waals surface area contributed by atoms with Gasteiger partial charge in [0.15, 0.2) is 0 Å². The first-order valence-electron chi connectivity index (χ1n) is 11.4. The first-order chi connectivity index (χ1) is 15.6. The second-order valence-corrected chi connectivity index (χ2v) is 9.53. The van der Waals surface area contributed by atoms with Crippen LogP contribution in [0.3, 0.4) is 0 Å². The molecule has 4 nitrogen and oxygen atoms in total. The lowest BCUT2D eigenvalue weighted by Gasteiger charge is -2.38. The van der Waals surface area contributed by atoms with E-state index in [4.69, 9.17) is 0 Å². The van der Waals surface area contributed by atoms with Gasteiger partial charge < -0.3 is 0 Å². The molecule has 3 aromatic rings. The van der Waals surface area contributed by atoms with E-state index in [1.807, 2.05) is 22.0 Å². The summed E-state index contributed by atoms with van der Waals surface area (Å²) in [5.74, 6) is 0.981. The van der Waals surface area contributed by atoms with E-state index in [0.29, 0.717) is 41.0 Å². The van der Waals surface area contributed by atoms with Crippen molar-refractivity contribution in [2.75, 3.05) is 6.54 Å². The van der Waals surface area contributed by atoms with Gasteiger partial charge in [0, 0.05) is 31.8 Å². The minimum Gasteiger partial charge on any atom is -0.289 e. The minimum atomic E-state index is -0.547. The normalized spacial score (nSPS) is 29.0. The van der Waals surface area contributed by atoms with E-state index in [1.54, 1.807) is 12.3 Å². The maximum atomic E-state index is 14.1. The van der Waals surface area contributed by atoms with Gasteiger partial charge in [-0.25, -0.2) is 13.2 Å². The van der Waals surface area contributed by atoms with Crippen LogP contribution in [0.25, 0.3) is 10.9 Å². The summed E-state index contributed by atoms with van der Waals surface area (Å²) in [6, 6.07) is 8.77. The number of aromatic nitrogens is 2. The SMILES string of the molecule is Fc1cc(F)cc(C2CC=NN2C[C@H]2CC(Cn3ncc4c(F)cccc43)C3CCC32)c1. The van der Waals surface area contributed by atoms with Gasteiger partial charge in [-0.3, -0.25) is 9.69 Å². The molecule has 7 heteroatoms. The first-order valence-corrected chi connectivity index (χ1v) is 11.4. The van der Waals surface area contributed by atoms with Crippen molar-refractivity contribution in [3.63, 3.8) is 0 Å². The zero-order chi connectivity index (χ0) is 21.8. The average molecular weight is 438 g/mol. The quantitative estimate of drug-likeness (QED) is 0.523. The molecule has 0 radical (unpaired) electrons. The van der Waals surface area contributed by atoms with Crippen LogP contribution in [0, 0.1) is 41.1 Å². The number of hydrazone groups is 1. The van der Waals surface area contributed by atoms with E-state index < -0.39 is 11.6 Å². The van der Waals surface area contributed by atoms with Crippen molar-refractivity contribution in [3.8, 4) is 0 Å². The summed E-state index contributed by atoms with van der Waals surface area (Å²) in [6.07, 6.45) is 7.65. The van der Waals surface area contributed by atoms with Crippen LogP contribution in [0.1, 0.15) is 37.3 Å². The lowest BCUT2D eigenvalue weighted by molar-refractivity contribution is 0.105. The van der Waals surface area contributed by atoms with E-state index in [1.165, 1.54) is 31.0 Å². The number of benzene rings is 2. The summed E-state index contributed by atoms with van der Waals surface area (Å²) in [6.45, 7) is 1.60. The summed E-state index contributed by atoms with van der Waals surface area (Å²) >= 11 is 0. The Morgan fingerprint density at radius 3 is 2.44 bits per heavy atom. The Hall–Kier alpha value is -2.83. The van der Waals surface area contributed by atoms with Gasteiger partial charge in [-0.15, -0.1) is 0 Å². The summed E-state index contributed by atoms with van der Waals surface area (Å²) in [5.41, 5.74) is 1.49. The maximum absolute atomic E-state index is 14.1. The molecule has 1 aromatic heterocycles. The number of rotatable bonds is 5. The van der Waals surface area contributed by atoms with Crippen molar-refractivity contribution in [2.45, 2.75) is 38.3 Å². The molecular formula is C25H25F3N4. The Labute approximate surface area is 184 Å². The number of nitrogens with zero attached hydrogens (tertiary/aromatic N) is 4. The monoisotopic (exact) mass is 438 g/mol. The molecule has 0 spiro atoms. The lowest BCUT2D eigenvalue weighted by Crippen LogP contribution is -2.34. The molecule has 0 N–H and O–H groups in total. The molecule has 2 heterocycles. The van der Waals surface area contributed by atoms with Crippen molar-refractivity contribution in [2.24, 2.45) is 28.8 Å². The highest BCUT2D eigenvalue weighted by Gasteiger charge is 2.49. The molecule has 0 bridgehead atoms. The lowest BCUT2D eigenvalue weighted by atomic mass is 9.70. The number of fused-ring (bicyclic) bond motifs is 2. The third-order valence-electron chi connectivity index (χ3n) is 7.85. The largest absolute Gasteiger partial charge is 0.289 e. The van der Waals surface area contributed by atoms with Gasteiger partial charge in [-0.2, -0.15) is 10.2 Å². The molecule has 1 aliphatic heterocycles. The van der Waals surface area contributed by atoms with Crippen LogP contribution in [0.2, 0.25) is 0 Å². The van der Waals surface area contributed by atoms with Gasteiger partial charge in [0.05, 0.1) is 23.1 Å². The van der Waals surface area contributed by atoms with Crippen LogP contribution in [-0.2, 0) is 6.54 Å². The molecular weight excluding hydrogens is 413 g/mol. The number of hydrogen-bond donors (Lipinski definition) is 0. The third kappa shape index (κ3) is 3.29. The Morgan fingerprint density at radius 2 is 1.69 bits per heavy atom. The Balaban J connectivity index is 1.18. The van der Waals surface area contributed by atoms with Gasteiger partial charge in [-0.05, 0) is 72.8 Å². The van der Waals surface area contributed by atoms with E-state index >= 15 is 0 Å². The third-order valence-corrected chi connectivity index (χ3v) is 7.85. The van der Waals surface area contributed by atoms with E-state index in [2.05, 4.69) is 10.2 Å². The molecule has 4 unspecified atom stereocenters. The second-order valence-electron chi connectivity index (χ2n) is 9.53. The Bertz CT molecular complexity index is 1170. The average Bonchev–Trinajstić information content (AvgIpc) is 3.39. The molecule has 6 rings (SSSR count). The fraction of sp³-hybridized carbons (Fsp3) is 0.440. The van der Waals surface area contributed by atoms with Gasteiger partial charge in [0.25, 0.3) is 0 Å². The summed E-state index contributed by atoms with van der Waals surface area (Å²) in [4.78, 5) is 0. The van der Waals surface area contributed by atoms with E-state index in [0.717, 1.165) is 31.1 Å². The number of hydrogen-bond acceptors (Lipinski definition) is 3. The molecule has 2 fully saturated rings. The molecule has 0 amide bonds. The molecule has 166 valence electrons. The highest BCUT2D eigenvalue weighted by molar-refractivity contribution is 5.79. The first kappa shape index (κ1) is 19.8. The van der Waals surface area contributed by atoms with Gasteiger partial charge in [0.1, 0.15) is 17.5 Å². The summed E-state index contributed by atoms with van der Waals surface area (Å²) in [7, 11) is 0. The van der Waals surface area contributed by atoms with Crippen molar-refractivity contribution in [1.29, 1.82) is 0 Å². The Morgan fingerprint density at radius 1 is 0.938 bits per heavy atom. The fourth-order valence-corrected chi connectivity index (χ4v) is 6.26. The van der Waals surface area contributed by atoms with Crippen molar-refractivity contribution < 1.29 is 13.2 Å². The van der Waals surface area contributed by atoms with Crippen LogP contribution in [0.15, 0.2) is 47.7 Å². The maximum Gasteiger partial charge on any atom is 0.134 e. The Kier molecular flexibility index (Phi) is 4.73. The van der Waals surface area contributed by atoms with Crippen LogP contribution in [-0.4, -0.2) is 27.5 Å². The summed E-state index contributed by atoms with van der Waals surface area (Å²) in [5, 5.41) is 11.6. The molecule has 2 saturated carbocycles. The standard InChI is InChI=1S/C25H25F3N4/c26-18-9-15(10-19(27)11-18)24-6-7-29-31(24)13-16-8-17(21-5-4-20(16)21)14-32-25-3-1-2-23(28)22(25)12-30-32/h1-3,7,9-12,16-17,20-21,24H,4-6,8,13-14H2/t16-,17?,20?,21?,24?/m1/s1. The second kappa shape index (κ2) is 7.64. The van der Waals surface area contributed by atoms with Crippen LogP contribution >= 0.6 is 0 Å². The van der Waals surface area contributed by atoms with Gasteiger partial charge in [0.2, 0.25) is 0 Å². The topological polar surface area (TPSA) is 33.4 Å². The molecule has 2 aliphatic carbocycles. The van der Waals surface area contributed by atoms with Crippen molar-refractivity contribution in [1.82, 2.24) is 14.8 Å².